The summed E-state index contributed by atoms with van der Waals surface area (Å²) in [5, 5.41) is 0. The minimum Gasteiger partial charge on any atom is -0.345 e. The van der Waals surface area contributed by atoms with Crippen LogP contribution in [-0.2, 0) is 0 Å². The van der Waals surface area contributed by atoms with Gasteiger partial charge in [-0.05, 0) is 28.1 Å². The fourth-order valence-corrected chi connectivity index (χ4v) is 1.63. The number of imidazole rings is 1. The van der Waals surface area contributed by atoms with E-state index >= 15 is 0 Å². The standard InChI is InChI=1S/C9H5BrF2N2/c10-7-5(9-13-3-4-14-9)1-2-6(11)8(7)12/h1-4H,(H,13,14). The second kappa shape index (κ2) is 3.49. The van der Waals surface area contributed by atoms with E-state index in [0.29, 0.717) is 11.4 Å². The molecular weight excluding hydrogens is 254 g/mol. The Balaban J connectivity index is 2.61. The molecule has 0 unspecified atom stereocenters. The van der Waals surface area contributed by atoms with Crippen molar-refractivity contribution in [1.29, 1.82) is 0 Å². The highest BCUT2D eigenvalue weighted by Gasteiger charge is 2.13. The molecule has 14 heavy (non-hydrogen) atoms. The van der Waals surface area contributed by atoms with Gasteiger partial charge in [-0.15, -0.1) is 0 Å². The lowest BCUT2D eigenvalue weighted by Gasteiger charge is -2.02. The highest BCUT2D eigenvalue weighted by atomic mass is 79.9. The van der Waals surface area contributed by atoms with E-state index in [1.54, 1.807) is 12.4 Å². The van der Waals surface area contributed by atoms with Crippen LogP contribution >= 0.6 is 15.9 Å². The normalized spacial score (nSPS) is 10.5. The summed E-state index contributed by atoms with van der Waals surface area (Å²) < 4.78 is 26.0. The van der Waals surface area contributed by atoms with Gasteiger partial charge in [0, 0.05) is 18.0 Å². The third-order valence-corrected chi connectivity index (χ3v) is 2.56. The third-order valence-electron chi connectivity index (χ3n) is 1.79. The fraction of sp³-hybridized carbons (Fsp3) is 0. The summed E-state index contributed by atoms with van der Waals surface area (Å²) in [4.78, 5) is 6.75. The minimum absolute atomic E-state index is 0.0763. The van der Waals surface area contributed by atoms with Crippen molar-refractivity contribution in [2.45, 2.75) is 0 Å². The molecule has 0 saturated heterocycles. The van der Waals surface area contributed by atoms with Crippen molar-refractivity contribution in [3.8, 4) is 11.4 Å². The number of nitrogens with zero attached hydrogens (tertiary/aromatic N) is 1. The molecule has 2 nitrogen and oxygen atoms in total. The van der Waals surface area contributed by atoms with Gasteiger partial charge in [0.15, 0.2) is 11.6 Å². The Bertz CT molecular complexity index is 454. The Morgan fingerprint density at radius 1 is 1.29 bits per heavy atom. The van der Waals surface area contributed by atoms with Crippen LogP contribution in [0, 0.1) is 11.6 Å². The van der Waals surface area contributed by atoms with Crippen LogP contribution in [0.5, 0.6) is 0 Å². The van der Waals surface area contributed by atoms with Crippen LogP contribution in [0.3, 0.4) is 0 Å². The van der Waals surface area contributed by atoms with Crippen molar-refractivity contribution in [3.63, 3.8) is 0 Å². The summed E-state index contributed by atoms with van der Waals surface area (Å²) in [7, 11) is 0. The molecule has 0 atom stereocenters. The molecule has 5 heteroatoms. The van der Waals surface area contributed by atoms with Gasteiger partial charge in [0.05, 0.1) is 4.47 Å². The number of benzene rings is 1. The van der Waals surface area contributed by atoms with Gasteiger partial charge in [-0.25, -0.2) is 13.8 Å². The van der Waals surface area contributed by atoms with E-state index < -0.39 is 11.6 Å². The number of aromatic nitrogens is 2. The quantitative estimate of drug-likeness (QED) is 0.783. The van der Waals surface area contributed by atoms with Crippen molar-refractivity contribution in [3.05, 3.63) is 40.6 Å². The second-order valence-electron chi connectivity index (χ2n) is 2.66. The maximum absolute atomic E-state index is 13.1. The topological polar surface area (TPSA) is 28.7 Å². The molecule has 1 heterocycles. The average Bonchev–Trinajstić information content (AvgIpc) is 2.67. The Morgan fingerprint density at radius 3 is 2.71 bits per heavy atom. The number of hydrogen-bond acceptors (Lipinski definition) is 1. The van der Waals surface area contributed by atoms with E-state index in [2.05, 4.69) is 25.9 Å². The lowest BCUT2D eigenvalue weighted by molar-refractivity contribution is 0.504. The molecule has 1 aromatic carbocycles. The van der Waals surface area contributed by atoms with Gasteiger partial charge in [0.2, 0.25) is 0 Å². The van der Waals surface area contributed by atoms with Crippen LogP contribution in [0.15, 0.2) is 29.0 Å². The Morgan fingerprint density at radius 2 is 2.07 bits per heavy atom. The zero-order chi connectivity index (χ0) is 10.1. The van der Waals surface area contributed by atoms with Crippen LogP contribution in [0.1, 0.15) is 0 Å². The molecular formula is C9H5BrF2N2. The highest BCUT2D eigenvalue weighted by molar-refractivity contribution is 9.10. The second-order valence-corrected chi connectivity index (χ2v) is 3.45. The largest absolute Gasteiger partial charge is 0.345 e. The van der Waals surface area contributed by atoms with Crippen molar-refractivity contribution >= 4 is 15.9 Å². The summed E-state index contributed by atoms with van der Waals surface area (Å²) in [6.45, 7) is 0. The van der Waals surface area contributed by atoms with Crippen LogP contribution in [0.4, 0.5) is 8.78 Å². The lowest BCUT2D eigenvalue weighted by Crippen LogP contribution is -1.90. The van der Waals surface area contributed by atoms with Gasteiger partial charge in [0.25, 0.3) is 0 Å². The molecule has 0 radical (unpaired) electrons. The summed E-state index contributed by atoms with van der Waals surface area (Å²) in [5.74, 6) is -1.29. The SMILES string of the molecule is Fc1ccc(-c2ncc[nH]2)c(Br)c1F. The Labute approximate surface area is 87.1 Å². The lowest BCUT2D eigenvalue weighted by atomic mass is 10.2. The van der Waals surface area contributed by atoms with Crippen molar-refractivity contribution in [2.24, 2.45) is 0 Å². The van der Waals surface area contributed by atoms with Gasteiger partial charge in [-0.2, -0.15) is 0 Å². The number of rotatable bonds is 1. The highest BCUT2D eigenvalue weighted by Crippen LogP contribution is 2.29. The van der Waals surface area contributed by atoms with Gasteiger partial charge in [-0.1, -0.05) is 0 Å². The van der Waals surface area contributed by atoms with Gasteiger partial charge in [0.1, 0.15) is 5.82 Å². The van der Waals surface area contributed by atoms with Crippen LogP contribution < -0.4 is 0 Å². The number of hydrogen-bond donors (Lipinski definition) is 1. The summed E-state index contributed by atoms with van der Waals surface area (Å²) in [6.07, 6.45) is 3.16. The monoisotopic (exact) mass is 258 g/mol. The molecule has 0 aliphatic rings. The molecule has 0 aliphatic heterocycles. The molecule has 0 aliphatic carbocycles. The molecule has 2 aromatic rings. The third kappa shape index (κ3) is 1.43. The van der Waals surface area contributed by atoms with E-state index in [9.17, 15) is 8.78 Å². The molecule has 0 amide bonds. The minimum atomic E-state index is -0.904. The zero-order valence-corrected chi connectivity index (χ0v) is 8.48. The van der Waals surface area contributed by atoms with Crippen molar-refractivity contribution in [2.75, 3.05) is 0 Å². The van der Waals surface area contributed by atoms with E-state index in [4.69, 9.17) is 0 Å². The van der Waals surface area contributed by atoms with Crippen LogP contribution in [0.2, 0.25) is 0 Å². The maximum Gasteiger partial charge on any atom is 0.173 e. The fourth-order valence-electron chi connectivity index (χ4n) is 1.12. The number of halogens is 3. The Hall–Kier alpha value is -1.23. The molecule has 72 valence electrons. The molecule has 0 saturated carbocycles. The van der Waals surface area contributed by atoms with Gasteiger partial charge < -0.3 is 4.98 Å². The first-order valence-electron chi connectivity index (χ1n) is 3.83. The predicted molar refractivity (Wildman–Crippen MR) is 51.6 cm³/mol. The van der Waals surface area contributed by atoms with Crippen molar-refractivity contribution < 1.29 is 8.78 Å². The number of H-pyrrole nitrogens is 1. The van der Waals surface area contributed by atoms with E-state index in [1.165, 1.54) is 6.07 Å². The summed E-state index contributed by atoms with van der Waals surface area (Å²) in [5.41, 5.74) is 0.494. The molecule has 1 N–H and O–H groups in total. The molecule has 2 rings (SSSR count). The van der Waals surface area contributed by atoms with Crippen LogP contribution in [0.25, 0.3) is 11.4 Å². The summed E-state index contributed by atoms with van der Waals surface area (Å²) >= 11 is 2.98. The molecule has 1 aromatic heterocycles. The zero-order valence-electron chi connectivity index (χ0n) is 6.89. The first-order chi connectivity index (χ1) is 6.70. The number of aromatic amines is 1. The molecule has 0 bridgehead atoms. The first-order valence-corrected chi connectivity index (χ1v) is 4.62. The van der Waals surface area contributed by atoms with Crippen molar-refractivity contribution in [1.82, 2.24) is 9.97 Å². The predicted octanol–water partition coefficient (Wildman–Crippen LogP) is 3.12. The van der Waals surface area contributed by atoms with Crippen LogP contribution in [-0.4, -0.2) is 9.97 Å². The first kappa shape index (κ1) is 9.33. The van der Waals surface area contributed by atoms with E-state index in [0.717, 1.165) is 6.07 Å². The summed E-state index contributed by atoms with van der Waals surface area (Å²) in [6, 6.07) is 2.53. The Kier molecular flexibility index (Phi) is 2.33. The maximum atomic E-state index is 13.1. The molecule has 0 fully saturated rings. The van der Waals surface area contributed by atoms with E-state index in [1.807, 2.05) is 0 Å². The average molecular weight is 259 g/mol. The smallest absolute Gasteiger partial charge is 0.173 e. The van der Waals surface area contributed by atoms with Gasteiger partial charge in [-0.3, -0.25) is 0 Å². The molecule has 0 spiro atoms. The van der Waals surface area contributed by atoms with E-state index in [-0.39, 0.29) is 4.47 Å². The number of nitrogens with one attached hydrogen (secondary N) is 1. The van der Waals surface area contributed by atoms with Gasteiger partial charge >= 0.3 is 0 Å².